The summed E-state index contributed by atoms with van der Waals surface area (Å²) >= 11 is 0. The molecule has 0 aliphatic heterocycles. The summed E-state index contributed by atoms with van der Waals surface area (Å²) in [7, 11) is 0. The minimum absolute atomic E-state index is 0.225. The fraction of sp³-hybridized carbons (Fsp3) is 0.200. The maximum Gasteiger partial charge on any atom is 0.343 e. The van der Waals surface area contributed by atoms with Crippen molar-refractivity contribution in [3.8, 4) is 11.5 Å². The molecule has 0 aromatic heterocycles. The zero-order chi connectivity index (χ0) is 21.3. The van der Waals surface area contributed by atoms with Crippen LogP contribution in [0.25, 0.3) is 0 Å². The fourth-order valence-electron chi connectivity index (χ4n) is 2.75. The molecule has 154 valence electrons. The van der Waals surface area contributed by atoms with E-state index >= 15 is 0 Å². The molecule has 3 rings (SSSR count). The van der Waals surface area contributed by atoms with E-state index in [4.69, 9.17) is 14.2 Å². The maximum atomic E-state index is 12.4. The predicted octanol–water partition coefficient (Wildman–Crippen LogP) is 5.09. The zero-order valence-corrected chi connectivity index (χ0v) is 17.0. The molecule has 0 amide bonds. The van der Waals surface area contributed by atoms with Crippen LogP contribution in [0, 0.1) is 0 Å². The second-order valence-electron chi connectivity index (χ2n) is 6.98. The second kappa shape index (κ2) is 10.3. The van der Waals surface area contributed by atoms with Gasteiger partial charge in [-0.25, -0.2) is 9.59 Å². The Morgan fingerprint density at radius 2 is 1.50 bits per heavy atom. The van der Waals surface area contributed by atoms with Crippen molar-refractivity contribution in [2.75, 3.05) is 6.61 Å². The minimum atomic E-state index is -0.514. The second-order valence-corrected chi connectivity index (χ2v) is 6.98. The molecular weight excluding hydrogens is 380 g/mol. The van der Waals surface area contributed by atoms with Crippen LogP contribution >= 0.6 is 0 Å². The molecule has 0 saturated carbocycles. The maximum absolute atomic E-state index is 12.4. The molecule has 30 heavy (non-hydrogen) atoms. The van der Waals surface area contributed by atoms with Crippen LogP contribution in [0.15, 0.2) is 78.9 Å². The number of rotatable bonds is 8. The smallest absolute Gasteiger partial charge is 0.343 e. The van der Waals surface area contributed by atoms with Crippen LogP contribution in [-0.4, -0.2) is 24.6 Å². The Morgan fingerprint density at radius 1 is 0.767 bits per heavy atom. The predicted molar refractivity (Wildman–Crippen MR) is 114 cm³/mol. The third kappa shape index (κ3) is 6.21. The molecule has 0 radical (unpaired) electrons. The number of carbonyl (C=O) groups is 2. The van der Waals surface area contributed by atoms with Crippen molar-refractivity contribution in [1.29, 1.82) is 0 Å². The van der Waals surface area contributed by atoms with Gasteiger partial charge >= 0.3 is 11.9 Å². The van der Waals surface area contributed by atoms with E-state index in [0.29, 0.717) is 23.5 Å². The van der Waals surface area contributed by atoms with Gasteiger partial charge in [-0.05, 0) is 61.9 Å². The summed E-state index contributed by atoms with van der Waals surface area (Å²) in [6, 6.07) is 23.2. The van der Waals surface area contributed by atoms with Crippen LogP contribution in [0.2, 0.25) is 0 Å². The molecule has 0 saturated heterocycles. The molecule has 0 heterocycles. The number of benzene rings is 3. The lowest BCUT2D eigenvalue weighted by atomic mass is 10.2. The topological polar surface area (TPSA) is 61.8 Å². The standard InChI is InChI=1S/C25H24O5/c1-18(2)29-25(27)21-9-6-10-23(17-21)30-24(26)20-11-13-22(14-12-20)28-16-15-19-7-4-3-5-8-19/h3-14,17-18H,15-16H2,1-2H3. The van der Waals surface area contributed by atoms with Crippen LogP contribution in [0.4, 0.5) is 0 Å². The molecule has 5 heteroatoms. The van der Waals surface area contributed by atoms with E-state index in [-0.39, 0.29) is 11.9 Å². The summed E-state index contributed by atoms with van der Waals surface area (Å²) < 4.78 is 16.3. The van der Waals surface area contributed by atoms with Gasteiger partial charge in [-0.1, -0.05) is 36.4 Å². The van der Waals surface area contributed by atoms with Crippen LogP contribution in [0.3, 0.4) is 0 Å². The van der Waals surface area contributed by atoms with Crippen LogP contribution in [0.5, 0.6) is 11.5 Å². The Bertz CT molecular complexity index is 978. The Labute approximate surface area is 176 Å². The summed E-state index contributed by atoms with van der Waals surface area (Å²) in [4.78, 5) is 24.4. The van der Waals surface area contributed by atoms with Crippen molar-refractivity contribution in [3.05, 3.63) is 95.6 Å². The average molecular weight is 404 g/mol. The van der Waals surface area contributed by atoms with Gasteiger partial charge in [0.15, 0.2) is 0 Å². The summed E-state index contributed by atoms with van der Waals surface area (Å²) in [6.45, 7) is 4.10. The normalized spacial score (nSPS) is 10.5. The van der Waals surface area contributed by atoms with Gasteiger partial charge in [0.2, 0.25) is 0 Å². The van der Waals surface area contributed by atoms with Crippen LogP contribution in [-0.2, 0) is 11.2 Å². The molecule has 0 fully saturated rings. The molecule has 0 unspecified atom stereocenters. The quantitative estimate of drug-likeness (QED) is 0.386. The number of ether oxygens (including phenoxy) is 3. The molecule has 0 bridgehead atoms. The first kappa shape index (κ1) is 21.1. The van der Waals surface area contributed by atoms with Crippen LogP contribution < -0.4 is 9.47 Å². The van der Waals surface area contributed by atoms with E-state index in [9.17, 15) is 9.59 Å². The van der Waals surface area contributed by atoms with Crippen molar-refractivity contribution in [1.82, 2.24) is 0 Å². The highest BCUT2D eigenvalue weighted by molar-refractivity contribution is 5.92. The number of carbonyl (C=O) groups excluding carboxylic acids is 2. The van der Waals surface area contributed by atoms with Gasteiger partial charge in [0, 0.05) is 6.42 Å². The highest BCUT2D eigenvalue weighted by Crippen LogP contribution is 2.18. The van der Waals surface area contributed by atoms with Gasteiger partial charge in [0.1, 0.15) is 11.5 Å². The summed E-state index contributed by atoms with van der Waals surface area (Å²) in [5, 5.41) is 0. The zero-order valence-electron chi connectivity index (χ0n) is 17.0. The molecular formula is C25H24O5. The first-order valence-electron chi connectivity index (χ1n) is 9.81. The first-order valence-corrected chi connectivity index (χ1v) is 9.81. The molecule has 5 nitrogen and oxygen atoms in total. The molecule has 0 aliphatic rings. The Balaban J connectivity index is 1.55. The molecule has 0 atom stereocenters. The van der Waals surface area contributed by atoms with E-state index in [1.807, 2.05) is 18.2 Å². The van der Waals surface area contributed by atoms with Gasteiger partial charge in [0.25, 0.3) is 0 Å². The van der Waals surface area contributed by atoms with E-state index in [2.05, 4.69) is 12.1 Å². The Hall–Kier alpha value is -3.60. The lowest BCUT2D eigenvalue weighted by Crippen LogP contribution is -2.12. The minimum Gasteiger partial charge on any atom is -0.493 e. The Kier molecular flexibility index (Phi) is 7.22. The highest BCUT2D eigenvalue weighted by atomic mass is 16.5. The Morgan fingerprint density at radius 3 is 2.20 bits per heavy atom. The van der Waals surface area contributed by atoms with Crippen molar-refractivity contribution >= 4 is 11.9 Å². The van der Waals surface area contributed by atoms with Crippen molar-refractivity contribution in [3.63, 3.8) is 0 Å². The molecule has 0 N–H and O–H groups in total. The van der Waals surface area contributed by atoms with E-state index < -0.39 is 11.9 Å². The van der Waals surface area contributed by atoms with Gasteiger partial charge in [0.05, 0.1) is 23.8 Å². The summed E-state index contributed by atoms with van der Waals surface area (Å²) in [6.07, 6.45) is 0.581. The van der Waals surface area contributed by atoms with Gasteiger partial charge in [-0.3, -0.25) is 0 Å². The lowest BCUT2D eigenvalue weighted by Gasteiger charge is -2.10. The van der Waals surface area contributed by atoms with Gasteiger partial charge in [-0.15, -0.1) is 0 Å². The molecule has 0 spiro atoms. The van der Waals surface area contributed by atoms with E-state index in [1.165, 1.54) is 11.6 Å². The number of hydrogen-bond donors (Lipinski definition) is 0. The van der Waals surface area contributed by atoms with Crippen LogP contribution in [0.1, 0.15) is 40.1 Å². The van der Waals surface area contributed by atoms with Crippen molar-refractivity contribution in [2.24, 2.45) is 0 Å². The van der Waals surface area contributed by atoms with E-state index in [1.54, 1.807) is 56.3 Å². The number of hydrogen-bond acceptors (Lipinski definition) is 5. The third-order valence-electron chi connectivity index (χ3n) is 4.22. The third-order valence-corrected chi connectivity index (χ3v) is 4.22. The van der Waals surface area contributed by atoms with Crippen molar-refractivity contribution in [2.45, 2.75) is 26.4 Å². The van der Waals surface area contributed by atoms with Gasteiger partial charge in [-0.2, -0.15) is 0 Å². The summed E-state index contributed by atoms with van der Waals surface area (Å²) in [5.74, 6) is -0.0116. The van der Waals surface area contributed by atoms with Crippen molar-refractivity contribution < 1.29 is 23.8 Å². The first-order chi connectivity index (χ1) is 14.5. The molecule has 3 aromatic rings. The average Bonchev–Trinajstić information content (AvgIpc) is 2.75. The largest absolute Gasteiger partial charge is 0.493 e. The highest BCUT2D eigenvalue weighted by Gasteiger charge is 2.13. The SMILES string of the molecule is CC(C)OC(=O)c1cccc(OC(=O)c2ccc(OCCc3ccccc3)cc2)c1. The molecule has 3 aromatic carbocycles. The molecule has 0 aliphatic carbocycles. The number of esters is 2. The summed E-state index contributed by atoms with van der Waals surface area (Å²) in [5.41, 5.74) is 1.92. The monoisotopic (exact) mass is 404 g/mol. The van der Waals surface area contributed by atoms with Gasteiger partial charge < -0.3 is 14.2 Å². The lowest BCUT2D eigenvalue weighted by molar-refractivity contribution is 0.0376. The fourth-order valence-corrected chi connectivity index (χ4v) is 2.75. The van der Waals surface area contributed by atoms with E-state index in [0.717, 1.165) is 6.42 Å².